The molecule has 0 bridgehead atoms. The van der Waals surface area contributed by atoms with Gasteiger partial charge < -0.3 is 10.4 Å². The van der Waals surface area contributed by atoms with Gasteiger partial charge in [-0.25, -0.2) is 0 Å². The summed E-state index contributed by atoms with van der Waals surface area (Å²) < 4.78 is 1.87. The van der Waals surface area contributed by atoms with Gasteiger partial charge in [-0.3, -0.25) is 4.79 Å². The van der Waals surface area contributed by atoms with E-state index in [1.54, 1.807) is 12.1 Å². The predicted molar refractivity (Wildman–Crippen MR) is 82.9 cm³/mol. The fourth-order valence-corrected chi connectivity index (χ4v) is 2.24. The molecule has 0 heterocycles. The molecule has 0 fully saturated rings. The lowest BCUT2D eigenvalue weighted by molar-refractivity contribution is 0.102. The minimum atomic E-state index is -0.210. The summed E-state index contributed by atoms with van der Waals surface area (Å²) in [4.78, 5) is 12.0. The average molecular weight is 418 g/mol. The standard InChI is InChI=1S/C13H9BrINO2/c14-11-6-3-9(15)7-12(11)16-13(18)8-1-4-10(17)5-2-8/h1-7,17H,(H,16,18). The molecule has 0 atom stereocenters. The summed E-state index contributed by atoms with van der Waals surface area (Å²) in [6.45, 7) is 0. The summed E-state index contributed by atoms with van der Waals surface area (Å²) in [7, 11) is 0. The zero-order valence-corrected chi connectivity index (χ0v) is 12.9. The van der Waals surface area contributed by atoms with E-state index in [4.69, 9.17) is 5.11 Å². The van der Waals surface area contributed by atoms with Crippen molar-refractivity contribution in [3.63, 3.8) is 0 Å². The third-order valence-corrected chi connectivity index (χ3v) is 3.67. The van der Waals surface area contributed by atoms with E-state index < -0.39 is 0 Å². The number of phenols is 1. The Labute approximate surface area is 126 Å². The van der Waals surface area contributed by atoms with Crippen molar-refractivity contribution in [3.8, 4) is 5.75 Å². The Bertz CT molecular complexity index is 584. The molecule has 0 unspecified atom stereocenters. The van der Waals surface area contributed by atoms with E-state index >= 15 is 0 Å². The number of carbonyl (C=O) groups is 1. The normalized spacial score (nSPS) is 10.1. The van der Waals surface area contributed by atoms with Crippen LogP contribution in [0.3, 0.4) is 0 Å². The molecular formula is C13H9BrINO2. The molecule has 5 heteroatoms. The summed E-state index contributed by atoms with van der Waals surface area (Å²) in [5.74, 6) is -0.0697. The number of phenolic OH excluding ortho intramolecular Hbond substituents is 1. The molecule has 0 radical (unpaired) electrons. The summed E-state index contributed by atoms with van der Waals surface area (Å²) in [6, 6.07) is 11.8. The van der Waals surface area contributed by atoms with E-state index in [9.17, 15) is 4.79 Å². The van der Waals surface area contributed by atoms with Crippen molar-refractivity contribution in [2.24, 2.45) is 0 Å². The second-order valence-corrected chi connectivity index (χ2v) is 5.73. The van der Waals surface area contributed by atoms with E-state index in [1.807, 2.05) is 18.2 Å². The maximum absolute atomic E-state index is 12.0. The van der Waals surface area contributed by atoms with Gasteiger partial charge in [-0.1, -0.05) is 0 Å². The first-order valence-corrected chi connectivity index (χ1v) is 6.99. The van der Waals surface area contributed by atoms with Gasteiger partial charge in [-0.05, 0) is 81.0 Å². The molecule has 0 saturated carbocycles. The van der Waals surface area contributed by atoms with Gasteiger partial charge in [-0.2, -0.15) is 0 Å². The molecule has 3 nitrogen and oxygen atoms in total. The molecule has 2 rings (SSSR count). The molecule has 2 aromatic carbocycles. The Morgan fingerprint density at radius 3 is 2.50 bits per heavy atom. The third kappa shape index (κ3) is 3.23. The Morgan fingerprint density at radius 1 is 1.17 bits per heavy atom. The largest absolute Gasteiger partial charge is 0.508 e. The summed E-state index contributed by atoms with van der Waals surface area (Å²) >= 11 is 5.57. The lowest BCUT2D eigenvalue weighted by Gasteiger charge is -2.08. The Kier molecular flexibility index (Phi) is 4.23. The second kappa shape index (κ2) is 5.71. The Morgan fingerprint density at radius 2 is 1.83 bits per heavy atom. The highest BCUT2D eigenvalue weighted by atomic mass is 127. The first kappa shape index (κ1) is 13.4. The predicted octanol–water partition coefficient (Wildman–Crippen LogP) is 4.01. The minimum Gasteiger partial charge on any atom is -0.508 e. The molecule has 2 N–H and O–H groups in total. The molecule has 0 aliphatic rings. The van der Waals surface area contributed by atoms with E-state index in [2.05, 4.69) is 43.8 Å². The van der Waals surface area contributed by atoms with Crippen LogP contribution in [-0.4, -0.2) is 11.0 Å². The van der Waals surface area contributed by atoms with Crippen molar-refractivity contribution in [2.45, 2.75) is 0 Å². The molecule has 18 heavy (non-hydrogen) atoms. The number of carbonyl (C=O) groups excluding carboxylic acids is 1. The van der Waals surface area contributed by atoms with E-state index in [1.165, 1.54) is 12.1 Å². The number of aromatic hydroxyl groups is 1. The number of benzene rings is 2. The van der Waals surface area contributed by atoms with Gasteiger partial charge in [0.05, 0.1) is 5.69 Å². The summed E-state index contributed by atoms with van der Waals surface area (Å²) in [5, 5.41) is 12.0. The second-order valence-electron chi connectivity index (χ2n) is 3.63. The van der Waals surface area contributed by atoms with Crippen molar-refractivity contribution in [1.29, 1.82) is 0 Å². The van der Waals surface area contributed by atoms with Crippen LogP contribution in [0.1, 0.15) is 10.4 Å². The van der Waals surface area contributed by atoms with E-state index in [0.29, 0.717) is 5.56 Å². The molecule has 0 aliphatic carbocycles. The van der Waals surface area contributed by atoms with Crippen molar-refractivity contribution in [1.82, 2.24) is 0 Å². The SMILES string of the molecule is O=C(Nc1cc(I)ccc1Br)c1ccc(O)cc1. The lowest BCUT2D eigenvalue weighted by Crippen LogP contribution is -2.12. The van der Waals surface area contributed by atoms with Gasteiger partial charge in [-0.15, -0.1) is 0 Å². The van der Waals surface area contributed by atoms with Crippen LogP contribution in [0, 0.1) is 3.57 Å². The maximum Gasteiger partial charge on any atom is 0.255 e. The van der Waals surface area contributed by atoms with Crippen LogP contribution in [0.5, 0.6) is 5.75 Å². The van der Waals surface area contributed by atoms with Crippen molar-refractivity contribution in [2.75, 3.05) is 5.32 Å². The molecule has 0 aliphatic heterocycles. The molecule has 0 aromatic heterocycles. The van der Waals surface area contributed by atoms with Crippen molar-refractivity contribution >= 4 is 50.1 Å². The van der Waals surface area contributed by atoms with Crippen LogP contribution in [-0.2, 0) is 0 Å². The number of nitrogens with one attached hydrogen (secondary N) is 1. The van der Waals surface area contributed by atoms with Gasteiger partial charge in [0.1, 0.15) is 5.75 Å². The van der Waals surface area contributed by atoms with Crippen LogP contribution in [0.15, 0.2) is 46.9 Å². The van der Waals surface area contributed by atoms with Crippen molar-refractivity contribution < 1.29 is 9.90 Å². The summed E-state index contributed by atoms with van der Waals surface area (Å²) in [6.07, 6.45) is 0. The Hall–Kier alpha value is -1.08. The number of hydrogen-bond donors (Lipinski definition) is 2. The van der Waals surface area contributed by atoms with Crippen LogP contribution in [0.2, 0.25) is 0 Å². The van der Waals surface area contributed by atoms with Crippen LogP contribution in [0.25, 0.3) is 0 Å². The molecular weight excluding hydrogens is 409 g/mol. The van der Waals surface area contributed by atoms with Gasteiger partial charge >= 0.3 is 0 Å². The number of halogens is 2. The smallest absolute Gasteiger partial charge is 0.255 e. The van der Waals surface area contributed by atoms with Gasteiger partial charge in [0.15, 0.2) is 0 Å². The fourth-order valence-electron chi connectivity index (χ4n) is 1.40. The summed E-state index contributed by atoms with van der Waals surface area (Å²) in [5.41, 5.74) is 1.22. The van der Waals surface area contributed by atoms with Crippen LogP contribution in [0.4, 0.5) is 5.69 Å². The highest BCUT2D eigenvalue weighted by Crippen LogP contribution is 2.25. The van der Waals surface area contributed by atoms with E-state index in [0.717, 1.165) is 13.7 Å². The number of amides is 1. The average Bonchev–Trinajstić information content (AvgIpc) is 2.34. The highest BCUT2D eigenvalue weighted by Gasteiger charge is 2.08. The zero-order chi connectivity index (χ0) is 13.1. The third-order valence-electron chi connectivity index (χ3n) is 2.31. The van der Waals surface area contributed by atoms with Crippen LogP contribution < -0.4 is 5.32 Å². The van der Waals surface area contributed by atoms with Crippen LogP contribution >= 0.6 is 38.5 Å². The topological polar surface area (TPSA) is 49.3 Å². The first-order valence-electron chi connectivity index (χ1n) is 5.12. The molecule has 0 saturated heterocycles. The molecule has 2 aromatic rings. The Balaban J connectivity index is 2.21. The number of anilines is 1. The fraction of sp³-hybridized carbons (Fsp3) is 0. The first-order chi connectivity index (χ1) is 8.56. The zero-order valence-electron chi connectivity index (χ0n) is 9.15. The van der Waals surface area contributed by atoms with Gasteiger partial charge in [0.2, 0.25) is 0 Å². The van der Waals surface area contributed by atoms with Gasteiger partial charge in [0, 0.05) is 13.6 Å². The highest BCUT2D eigenvalue weighted by molar-refractivity contribution is 14.1. The maximum atomic E-state index is 12.0. The molecule has 92 valence electrons. The number of hydrogen-bond acceptors (Lipinski definition) is 2. The minimum absolute atomic E-state index is 0.141. The van der Waals surface area contributed by atoms with E-state index in [-0.39, 0.29) is 11.7 Å². The molecule has 0 spiro atoms. The van der Waals surface area contributed by atoms with Crippen molar-refractivity contribution in [3.05, 3.63) is 56.1 Å². The monoisotopic (exact) mass is 417 g/mol. The molecule has 1 amide bonds. The lowest BCUT2D eigenvalue weighted by atomic mass is 10.2. The quantitative estimate of drug-likeness (QED) is 0.725. The number of rotatable bonds is 2. The van der Waals surface area contributed by atoms with Gasteiger partial charge in [0.25, 0.3) is 5.91 Å².